The Labute approximate surface area is 102 Å². The first-order valence-electron chi connectivity index (χ1n) is 5.57. The number of hydrogen-bond donors (Lipinski definition) is 2. The first-order chi connectivity index (χ1) is 7.90. The van der Waals surface area contributed by atoms with Crippen molar-refractivity contribution >= 4 is 21.4 Å². The smallest absolute Gasteiger partial charge is 0.240 e. The third kappa shape index (κ3) is 3.34. The Kier molecular flexibility index (Phi) is 4.36. The molecule has 17 heavy (non-hydrogen) atoms. The van der Waals surface area contributed by atoms with Gasteiger partial charge in [0.25, 0.3) is 0 Å². The van der Waals surface area contributed by atoms with Crippen LogP contribution in [0.1, 0.15) is 20.3 Å². The van der Waals surface area contributed by atoms with Gasteiger partial charge in [-0.15, -0.1) is 0 Å². The Bertz CT molecular complexity index is 485. The normalized spacial score (nSPS) is 11.5. The molecule has 96 valence electrons. The third-order valence-electron chi connectivity index (χ3n) is 2.51. The summed E-state index contributed by atoms with van der Waals surface area (Å²) in [6.45, 7) is 5.51. The molecule has 1 aromatic carbocycles. The Morgan fingerprint density at radius 1 is 1.29 bits per heavy atom. The number of rotatable bonds is 5. The molecule has 0 fully saturated rings. The van der Waals surface area contributed by atoms with Crippen LogP contribution in [0.2, 0.25) is 0 Å². The van der Waals surface area contributed by atoms with Crippen molar-refractivity contribution in [2.24, 2.45) is 5.14 Å². The first kappa shape index (κ1) is 13.8. The van der Waals surface area contributed by atoms with Gasteiger partial charge in [-0.25, -0.2) is 13.6 Å². The molecule has 0 aliphatic carbocycles. The number of primary sulfonamides is 1. The summed E-state index contributed by atoms with van der Waals surface area (Å²) in [5.74, 6) is 0. The first-order valence-corrected chi connectivity index (χ1v) is 7.12. The summed E-state index contributed by atoms with van der Waals surface area (Å²) in [5, 5.41) is 5.21. The van der Waals surface area contributed by atoms with Gasteiger partial charge in [0.05, 0.1) is 5.69 Å². The highest BCUT2D eigenvalue weighted by atomic mass is 32.2. The van der Waals surface area contributed by atoms with E-state index < -0.39 is 10.0 Å². The topological polar surface area (TPSA) is 89.4 Å². The number of nitrogen functional groups attached to an aromatic ring is 1. The largest absolute Gasteiger partial charge is 0.399 e. The minimum Gasteiger partial charge on any atom is -0.399 e. The number of benzene rings is 1. The molecule has 0 bridgehead atoms. The highest BCUT2D eigenvalue weighted by Crippen LogP contribution is 2.26. The molecule has 5 nitrogen and oxygen atoms in total. The maximum absolute atomic E-state index is 11.5. The minimum absolute atomic E-state index is 0.0906. The van der Waals surface area contributed by atoms with Crippen LogP contribution in [0.15, 0.2) is 23.1 Å². The molecule has 0 aliphatic heterocycles. The molecule has 0 amide bonds. The molecular formula is C11H19N3O2S. The summed E-state index contributed by atoms with van der Waals surface area (Å²) in [6.07, 6.45) is 0.933. The predicted molar refractivity (Wildman–Crippen MR) is 70.4 cm³/mol. The van der Waals surface area contributed by atoms with E-state index in [0.29, 0.717) is 11.4 Å². The van der Waals surface area contributed by atoms with Crippen molar-refractivity contribution in [2.75, 3.05) is 23.7 Å². The van der Waals surface area contributed by atoms with Crippen LogP contribution >= 0.6 is 0 Å². The molecule has 0 unspecified atom stereocenters. The Hall–Kier alpha value is -1.27. The van der Waals surface area contributed by atoms with Gasteiger partial charge in [-0.05, 0) is 31.5 Å². The molecule has 0 aliphatic rings. The van der Waals surface area contributed by atoms with Crippen LogP contribution in [-0.2, 0) is 10.0 Å². The van der Waals surface area contributed by atoms with Crippen molar-refractivity contribution in [1.82, 2.24) is 0 Å². The Balaban J connectivity index is 3.32. The lowest BCUT2D eigenvalue weighted by Crippen LogP contribution is -2.26. The molecular weight excluding hydrogens is 238 g/mol. The number of sulfonamides is 1. The zero-order valence-electron chi connectivity index (χ0n) is 10.2. The van der Waals surface area contributed by atoms with Gasteiger partial charge < -0.3 is 10.6 Å². The molecule has 0 saturated heterocycles. The maximum atomic E-state index is 11.5. The molecule has 1 rings (SSSR count). The van der Waals surface area contributed by atoms with E-state index in [-0.39, 0.29) is 4.90 Å². The Morgan fingerprint density at radius 3 is 2.41 bits per heavy atom. The number of nitrogens with two attached hydrogens (primary N) is 2. The molecule has 0 atom stereocenters. The van der Waals surface area contributed by atoms with Crippen molar-refractivity contribution < 1.29 is 8.42 Å². The lowest BCUT2D eigenvalue weighted by atomic mass is 10.2. The van der Waals surface area contributed by atoms with Crippen LogP contribution in [0.25, 0.3) is 0 Å². The average molecular weight is 257 g/mol. The number of nitrogens with zero attached hydrogens (tertiary/aromatic N) is 1. The fourth-order valence-corrected chi connectivity index (χ4v) is 2.53. The second-order valence-corrected chi connectivity index (χ2v) is 5.38. The van der Waals surface area contributed by atoms with Crippen LogP contribution in [0.4, 0.5) is 11.4 Å². The van der Waals surface area contributed by atoms with Crippen molar-refractivity contribution in [3.8, 4) is 0 Å². The van der Waals surface area contributed by atoms with Crippen molar-refractivity contribution in [3.05, 3.63) is 18.2 Å². The second-order valence-electron chi connectivity index (χ2n) is 3.85. The van der Waals surface area contributed by atoms with Crippen molar-refractivity contribution in [2.45, 2.75) is 25.2 Å². The monoisotopic (exact) mass is 257 g/mol. The molecule has 0 saturated carbocycles. The van der Waals surface area contributed by atoms with Crippen LogP contribution in [0.3, 0.4) is 0 Å². The lowest BCUT2D eigenvalue weighted by Gasteiger charge is -2.24. The van der Waals surface area contributed by atoms with E-state index in [1.54, 1.807) is 12.1 Å². The predicted octanol–water partition coefficient (Wildman–Crippen LogP) is 1.15. The van der Waals surface area contributed by atoms with E-state index >= 15 is 0 Å². The quantitative estimate of drug-likeness (QED) is 0.774. The van der Waals surface area contributed by atoms with Gasteiger partial charge in [0.2, 0.25) is 10.0 Å². The number of hydrogen-bond acceptors (Lipinski definition) is 4. The third-order valence-corrected chi connectivity index (χ3v) is 3.45. The minimum atomic E-state index is -3.75. The van der Waals surface area contributed by atoms with Crippen LogP contribution in [0, 0.1) is 0 Å². The summed E-state index contributed by atoms with van der Waals surface area (Å²) < 4.78 is 23.1. The van der Waals surface area contributed by atoms with Gasteiger partial charge in [-0.3, -0.25) is 0 Å². The summed E-state index contributed by atoms with van der Waals surface area (Å²) in [7, 11) is -3.75. The van der Waals surface area contributed by atoms with E-state index in [1.165, 1.54) is 6.07 Å². The van der Waals surface area contributed by atoms with E-state index in [0.717, 1.165) is 19.5 Å². The van der Waals surface area contributed by atoms with Gasteiger partial charge in [0.15, 0.2) is 0 Å². The standard InChI is InChI=1S/C11H19N3O2S/c1-3-7-14(4-2)10-6-5-9(12)8-11(10)17(13,15)16/h5-6,8H,3-4,7,12H2,1-2H3,(H2,13,15,16). The summed E-state index contributed by atoms with van der Waals surface area (Å²) in [5.41, 5.74) is 6.61. The summed E-state index contributed by atoms with van der Waals surface area (Å²) >= 11 is 0. The fraction of sp³-hybridized carbons (Fsp3) is 0.455. The zero-order chi connectivity index (χ0) is 13.1. The van der Waals surface area contributed by atoms with Crippen LogP contribution in [0.5, 0.6) is 0 Å². The summed E-state index contributed by atoms with van der Waals surface area (Å²) in [6, 6.07) is 4.79. The van der Waals surface area contributed by atoms with Gasteiger partial charge >= 0.3 is 0 Å². The van der Waals surface area contributed by atoms with Gasteiger partial charge in [0.1, 0.15) is 4.90 Å². The lowest BCUT2D eigenvalue weighted by molar-refractivity contribution is 0.597. The molecule has 0 heterocycles. The van der Waals surface area contributed by atoms with Gasteiger partial charge in [-0.2, -0.15) is 0 Å². The SMILES string of the molecule is CCCN(CC)c1ccc(N)cc1S(N)(=O)=O. The fourth-order valence-electron chi connectivity index (χ4n) is 1.74. The van der Waals surface area contributed by atoms with E-state index in [2.05, 4.69) is 0 Å². The molecule has 0 aromatic heterocycles. The maximum Gasteiger partial charge on any atom is 0.240 e. The van der Waals surface area contributed by atoms with Crippen LogP contribution < -0.4 is 15.8 Å². The molecule has 0 radical (unpaired) electrons. The Morgan fingerprint density at radius 2 is 1.94 bits per heavy atom. The zero-order valence-corrected chi connectivity index (χ0v) is 11.0. The van der Waals surface area contributed by atoms with Gasteiger partial charge in [-0.1, -0.05) is 6.92 Å². The van der Waals surface area contributed by atoms with Crippen molar-refractivity contribution in [1.29, 1.82) is 0 Å². The molecule has 1 aromatic rings. The van der Waals surface area contributed by atoms with E-state index in [9.17, 15) is 8.42 Å². The van der Waals surface area contributed by atoms with E-state index in [4.69, 9.17) is 10.9 Å². The second kappa shape index (κ2) is 5.37. The highest BCUT2D eigenvalue weighted by molar-refractivity contribution is 7.89. The average Bonchev–Trinajstić information content (AvgIpc) is 2.25. The molecule has 6 heteroatoms. The summed E-state index contributed by atoms with van der Waals surface area (Å²) in [4.78, 5) is 2.06. The molecule has 0 spiro atoms. The highest BCUT2D eigenvalue weighted by Gasteiger charge is 2.17. The van der Waals surface area contributed by atoms with Gasteiger partial charge in [0, 0.05) is 18.8 Å². The molecule has 4 N–H and O–H groups in total. The van der Waals surface area contributed by atoms with E-state index in [1.807, 2.05) is 18.7 Å². The van der Waals surface area contributed by atoms with Crippen molar-refractivity contribution in [3.63, 3.8) is 0 Å². The van der Waals surface area contributed by atoms with Crippen LogP contribution in [-0.4, -0.2) is 21.5 Å². The number of anilines is 2.